The van der Waals surface area contributed by atoms with Gasteiger partial charge in [-0.1, -0.05) is 18.2 Å². The molecule has 0 aliphatic heterocycles. The normalized spacial score (nSPS) is 11.0. The molecule has 0 amide bonds. The fraction of sp³-hybridized carbons (Fsp3) is 0.316. The molecule has 0 spiro atoms. The van der Waals surface area contributed by atoms with Gasteiger partial charge in [-0.15, -0.1) is 24.0 Å². The number of nitrogens with two attached hydrogens (primary N) is 1. The molecule has 2 aromatic carbocycles. The maximum absolute atomic E-state index is 14.3. The molecule has 25 heavy (non-hydrogen) atoms. The first-order chi connectivity index (χ1) is 11.5. The van der Waals surface area contributed by atoms with Crippen molar-refractivity contribution < 1.29 is 4.39 Å². The Morgan fingerprint density at radius 1 is 1.16 bits per heavy atom. The number of hydrogen-bond acceptors (Lipinski definition) is 2. The lowest BCUT2D eigenvalue weighted by Crippen LogP contribution is -2.23. The summed E-state index contributed by atoms with van der Waals surface area (Å²) in [5.74, 6) is 0.0884. The topological polar surface area (TPSA) is 53.6 Å². The van der Waals surface area contributed by atoms with Crippen molar-refractivity contribution in [3.8, 4) is 0 Å². The fourth-order valence-electron chi connectivity index (χ4n) is 2.56. The lowest BCUT2D eigenvalue weighted by molar-refractivity contribution is 0.618. The maximum atomic E-state index is 14.3. The Labute approximate surface area is 166 Å². The Morgan fingerprint density at radius 3 is 2.48 bits per heavy atom. The number of rotatable bonds is 6. The Morgan fingerprint density at radius 2 is 1.88 bits per heavy atom. The highest BCUT2D eigenvalue weighted by Gasteiger charge is 2.09. The molecule has 6 heteroatoms. The summed E-state index contributed by atoms with van der Waals surface area (Å²) < 4.78 is 14.3. The number of aliphatic imine (C=N–C) groups is 1. The van der Waals surface area contributed by atoms with Crippen LogP contribution in [0.4, 0.5) is 15.8 Å². The summed E-state index contributed by atoms with van der Waals surface area (Å²) >= 11 is 0. The Bertz CT molecular complexity index is 714. The molecule has 3 N–H and O–H groups in total. The van der Waals surface area contributed by atoms with Crippen molar-refractivity contribution in [2.75, 3.05) is 23.3 Å². The van der Waals surface area contributed by atoms with Crippen molar-refractivity contribution in [2.45, 2.75) is 27.3 Å². The van der Waals surface area contributed by atoms with E-state index in [2.05, 4.69) is 10.3 Å². The predicted octanol–water partition coefficient (Wildman–Crippen LogP) is 4.53. The Hall–Kier alpha value is -1.83. The highest BCUT2D eigenvalue weighted by atomic mass is 127. The lowest BCUT2D eigenvalue weighted by Gasteiger charge is -2.21. The van der Waals surface area contributed by atoms with E-state index in [1.54, 1.807) is 6.07 Å². The molecule has 0 aliphatic carbocycles. The molecule has 0 radical (unpaired) electrons. The van der Waals surface area contributed by atoms with Gasteiger partial charge in [0.2, 0.25) is 0 Å². The third kappa shape index (κ3) is 6.19. The van der Waals surface area contributed by atoms with Crippen LogP contribution in [-0.4, -0.2) is 19.0 Å². The van der Waals surface area contributed by atoms with Gasteiger partial charge in [0.1, 0.15) is 5.82 Å². The van der Waals surface area contributed by atoms with E-state index in [-0.39, 0.29) is 29.8 Å². The zero-order chi connectivity index (χ0) is 17.5. The quantitative estimate of drug-likeness (QED) is 0.382. The number of anilines is 2. The van der Waals surface area contributed by atoms with Crippen molar-refractivity contribution in [2.24, 2.45) is 10.7 Å². The van der Waals surface area contributed by atoms with Crippen molar-refractivity contribution >= 4 is 41.3 Å². The van der Waals surface area contributed by atoms with Gasteiger partial charge in [0.05, 0.1) is 12.2 Å². The van der Waals surface area contributed by atoms with Crippen LogP contribution >= 0.6 is 24.0 Å². The van der Waals surface area contributed by atoms with Crippen LogP contribution in [0.2, 0.25) is 0 Å². The molecule has 0 saturated carbocycles. The van der Waals surface area contributed by atoms with Crippen LogP contribution in [0.5, 0.6) is 0 Å². The summed E-state index contributed by atoms with van der Waals surface area (Å²) in [4.78, 5) is 6.26. The van der Waals surface area contributed by atoms with E-state index < -0.39 is 0 Å². The van der Waals surface area contributed by atoms with E-state index in [0.29, 0.717) is 18.2 Å². The van der Waals surface area contributed by atoms with Gasteiger partial charge < -0.3 is 16.0 Å². The van der Waals surface area contributed by atoms with Crippen LogP contribution in [0.3, 0.4) is 0 Å². The van der Waals surface area contributed by atoms with Crippen LogP contribution < -0.4 is 16.0 Å². The molecule has 0 fully saturated rings. The Kier molecular flexibility index (Phi) is 8.68. The van der Waals surface area contributed by atoms with Gasteiger partial charge in [-0.05, 0) is 56.2 Å². The van der Waals surface area contributed by atoms with Crippen LogP contribution in [0.15, 0.2) is 47.5 Å². The van der Waals surface area contributed by atoms with Crippen LogP contribution in [0, 0.1) is 12.7 Å². The van der Waals surface area contributed by atoms with Crippen molar-refractivity contribution in [1.29, 1.82) is 0 Å². The van der Waals surface area contributed by atoms with E-state index in [0.717, 1.165) is 29.9 Å². The number of halogens is 2. The highest BCUT2D eigenvalue weighted by molar-refractivity contribution is 14.0. The maximum Gasteiger partial charge on any atom is 0.193 e. The summed E-state index contributed by atoms with van der Waals surface area (Å²) in [6.45, 7) is 7.92. The number of guanidine groups is 1. The van der Waals surface area contributed by atoms with E-state index in [1.165, 1.54) is 6.07 Å². The second-order valence-corrected chi connectivity index (χ2v) is 5.65. The standard InChI is InChI=1S/C19H25FN4.HI/c1-4-24(5-2)18-10-9-15(12-17(18)20)13-22-19(21)23-16-8-6-7-14(3)11-16;/h6-12H,4-5,13H2,1-3H3,(H3,21,22,23);1H. The van der Waals surface area contributed by atoms with Crippen LogP contribution in [0.1, 0.15) is 25.0 Å². The van der Waals surface area contributed by atoms with Gasteiger partial charge in [-0.25, -0.2) is 9.38 Å². The molecular weight excluding hydrogens is 430 g/mol. The molecule has 0 atom stereocenters. The molecule has 136 valence electrons. The number of nitrogens with zero attached hydrogens (tertiary/aromatic N) is 2. The first-order valence-electron chi connectivity index (χ1n) is 8.20. The SMILES string of the molecule is CCN(CC)c1ccc(CN=C(N)Nc2cccc(C)c2)cc1F.I. The van der Waals surface area contributed by atoms with Gasteiger partial charge in [-0.2, -0.15) is 0 Å². The van der Waals surface area contributed by atoms with E-state index in [1.807, 2.05) is 56.0 Å². The van der Waals surface area contributed by atoms with Gasteiger partial charge in [0.25, 0.3) is 0 Å². The van der Waals surface area contributed by atoms with Crippen LogP contribution in [0.25, 0.3) is 0 Å². The average Bonchev–Trinajstić information content (AvgIpc) is 2.55. The molecule has 0 aliphatic rings. The van der Waals surface area contributed by atoms with Gasteiger partial charge in [0.15, 0.2) is 5.96 Å². The largest absolute Gasteiger partial charge is 0.370 e. The smallest absolute Gasteiger partial charge is 0.193 e. The van der Waals surface area contributed by atoms with Crippen molar-refractivity contribution in [3.63, 3.8) is 0 Å². The fourth-order valence-corrected chi connectivity index (χ4v) is 2.56. The molecule has 0 bridgehead atoms. The third-order valence-corrected chi connectivity index (χ3v) is 3.84. The number of nitrogens with one attached hydrogen (secondary N) is 1. The molecule has 2 aromatic rings. The van der Waals surface area contributed by atoms with E-state index >= 15 is 0 Å². The second kappa shape index (κ2) is 10.2. The molecule has 0 saturated heterocycles. The minimum absolute atomic E-state index is 0. The predicted molar refractivity (Wildman–Crippen MR) is 116 cm³/mol. The molecule has 0 heterocycles. The summed E-state index contributed by atoms with van der Waals surface area (Å²) in [7, 11) is 0. The lowest BCUT2D eigenvalue weighted by atomic mass is 10.2. The number of hydrogen-bond donors (Lipinski definition) is 2. The van der Waals surface area contributed by atoms with Gasteiger partial charge in [0, 0.05) is 18.8 Å². The zero-order valence-corrected chi connectivity index (χ0v) is 17.3. The molecular formula is C19H26FIN4. The van der Waals surface area contributed by atoms with E-state index in [9.17, 15) is 4.39 Å². The minimum atomic E-state index is -0.225. The summed E-state index contributed by atoms with van der Waals surface area (Å²) in [6.07, 6.45) is 0. The minimum Gasteiger partial charge on any atom is -0.370 e. The van der Waals surface area contributed by atoms with Gasteiger partial charge in [-0.3, -0.25) is 0 Å². The van der Waals surface area contributed by atoms with Crippen molar-refractivity contribution in [1.82, 2.24) is 0 Å². The summed E-state index contributed by atoms with van der Waals surface area (Å²) in [6, 6.07) is 13.1. The average molecular weight is 456 g/mol. The molecule has 0 unspecified atom stereocenters. The highest BCUT2D eigenvalue weighted by Crippen LogP contribution is 2.20. The summed E-state index contributed by atoms with van der Waals surface area (Å²) in [5, 5.41) is 3.04. The molecule has 2 rings (SSSR count). The zero-order valence-electron chi connectivity index (χ0n) is 14.9. The Balaban J connectivity index is 0.00000312. The molecule has 0 aromatic heterocycles. The monoisotopic (exact) mass is 456 g/mol. The second-order valence-electron chi connectivity index (χ2n) is 5.65. The molecule has 4 nitrogen and oxygen atoms in total. The van der Waals surface area contributed by atoms with Gasteiger partial charge >= 0.3 is 0 Å². The number of aryl methyl sites for hydroxylation is 1. The van der Waals surface area contributed by atoms with Crippen LogP contribution in [-0.2, 0) is 6.54 Å². The van der Waals surface area contributed by atoms with E-state index in [4.69, 9.17) is 5.73 Å². The number of benzene rings is 2. The first-order valence-corrected chi connectivity index (χ1v) is 8.20. The first kappa shape index (κ1) is 21.2. The third-order valence-electron chi connectivity index (χ3n) is 3.84. The summed E-state index contributed by atoms with van der Waals surface area (Å²) in [5.41, 5.74) is 9.34. The van der Waals surface area contributed by atoms with Crippen molar-refractivity contribution in [3.05, 3.63) is 59.4 Å².